The van der Waals surface area contributed by atoms with Crippen molar-refractivity contribution in [2.75, 3.05) is 5.75 Å². The third-order valence-electron chi connectivity index (χ3n) is 2.11. The number of nitrogens with one attached hydrogen (secondary N) is 2. The van der Waals surface area contributed by atoms with Gasteiger partial charge in [0.2, 0.25) is 0 Å². The van der Waals surface area contributed by atoms with Crippen molar-refractivity contribution in [3.8, 4) is 0 Å². The second-order valence-electron chi connectivity index (χ2n) is 3.41. The molecule has 0 spiro atoms. The Morgan fingerprint density at radius 1 is 1.37 bits per heavy atom. The standard InChI is InChI=1S/C10H9N3O3S3/c14-8-6-18-10(17)13(8)11-9(15)12-19(16)7-4-2-1-3-5-7/h1-5H,6H2,(H2,11,12,15). The Morgan fingerprint density at radius 2 is 2.05 bits per heavy atom. The van der Waals surface area contributed by atoms with Crippen molar-refractivity contribution >= 4 is 51.2 Å². The van der Waals surface area contributed by atoms with Crippen LogP contribution >= 0.6 is 24.0 Å². The topological polar surface area (TPSA) is 78.5 Å². The normalized spacial score (nSPS) is 16.3. The van der Waals surface area contributed by atoms with E-state index in [4.69, 9.17) is 12.2 Å². The first-order valence-electron chi connectivity index (χ1n) is 5.12. The summed E-state index contributed by atoms with van der Waals surface area (Å²) < 4.78 is 14.3. The van der Waals surface area contributed by atoms with Crippen molar-refractivity contribution in [3.05, 3.63) is 30.3 Å². The van der Waals surface area contributed by atoms with Crippen LogP contribution in [0.4, 0.5) is 4.79 Å². The molecule has 1 aromatic carbocycles. The van der Waals surface area contributed by atoms with Crippen molar-refractivity contribution < 1.29 is 13.8 Å². The zero-order valence-corrected chi connectivity index (χ0v) is 11.9. The Bertz CT molecular complexity index is 533. The molecule has 1 heterocycles. The number of urea groups is 1. The molecule has 0 aliphatic carbocycles. The molecule has 1 atom stereocenters. The van der Waals surface area contributed by atoms with Crippen LogP contribution < -0.4 is 10.1 Å². The van der Waals surface area contributed by atoms with Gasteiger partial charge in [-0.3, -0.25) is 9.52 Å². The SMILES string of the molecule is O=C(NN1C(=O)CSC1=S)NS(=O)c1ccccc1. The van der Waals surface area contributed by atoms with Crippen LogP contribution in [0.2, 0.25) is 0 Å². The van der Waals surface area contributed by atoms with Crippen LogP contribution in [0.5, 0.6) is 0 Å². The van der Waals surface area contributed by atoms with E-state index in [0.717, 1.165) is 16.8 Å². The summed E-state index contributed by atoms with van der Waals surface area (Å²) in [5, 5.41) is 0.970. The van der Waals surface area contributed by atoms with Gasteiger partial charge < -0.3 is 0 Å². The second kappa shape index (κ2) is 6.13. The van der Waals surface area contributed by atoms with Gasteiger partial charge in [-0.15, -0.1) is 0 Å². The minimum absolute atomic E-state index is 0.195. The zero-order chi connectivity index (χ0) is 13.8. The predicted molar refractivity (Wildman–Crippen MR) is 76.4 cm³/mol. The van der Waals surface area contributed by atoms with Crippen molar-refractivity contribution in [3.63, 3.8) is 0 Å². The van der Waals surface area contributed by atoms with Crippen molar-refractivity contribution in [1.29, 1.82) is 0 Å². The molecule has 3 amide bonds. The van der Waals surface area contributed by atoms with Gasteiger partial charge in [0.1, 0.15) is 0 Å². The monoisotopic (exact) mass is 315 g/mol. The molecule has 1 saturated heterocycles. The fraction of sp³-hybridized carbons (Fsp3) is 0.100. The lowest BCUT2D eigenvalue weighted by molar-refractivity contribution is -0.125. The van der Waals surface area contributed by atoms with Gasteiger partial charge in [-0.1, -0.05) is 42.2 Å². The summed E-state index contributed by atoms with van der Waals surface area (Å²) in [6.45, 7) is 0. The molecule has 100 valence electrons. The van der Waals surface area contributed by atoms with Crippen LogP contribution in [-0.2, 0) is 15.8 Å². The number of thiocarbonyl (C=S) groups is 1. The summed E-state index contributed by atoms with van der Waals surface area (Å²) in [7, 11) is -1.69. The Kier molecular flexibility index (Phi) is 4.51. The number of hydrazine groups is 1. The largest absolute Gasteiger partial charge is 0.346 e. The van der Waals surface area contributed by atoms with Crippen LogP contribution in [0, 0.1) is 0 Å². The molecule has 0 aromatic heterocycles. The maximum absolute atomic E-state index is 11.8. The Morgan fingerprint density at radius 3 is 2.63 bits per heavy atom. The summed E-state index contributed by atoms with van der Waals surface area (Å²) in [5.74, 6) is -0.114. The van der Waals surface area contributed by atoms with Crippen molar-refractivity contribution in [2.24, 2.45) is 0 Å². The molecule has 0 saturated carbocycles. The number of rotatable bonds is 3. The van der Waals surface area contributed by atoms with E-state index >= 15 is 0 Å². The van der Waals surface area contributed by atoms with Gasteiger partial charge in [0, 0.05) is 0 Å². The quantitative estimate of drug-likeness (QED) is 0.806. The lowest BCUT2D eigenvalue weighted by Crippen LogP contribution is -2.49. The molecular formula is C10H9N3O3S3. The minimum atomic E-state index is -1.69. The van der Waals surface area contributed by atoms with Gasteiger partial charge in [0.05, 0.1) is 10.6 Å². The first-order valence-corrected chi connectivity index (χ1v) is 7.66. The van der Waals surface area contributed by atoms with E-state index in [1.807, 2.05) is 0 Å². The van der Waals surface area contributed by atoms with E-state index in [2.05, 4.69) is 10.1 Å². The van der Waals surface area contributed by atoms with E-state index < -0.39 is 17.0 Å². The number of carbonyl (C=O) groups excluding carboxylic acids is 2. The highest BCUT2D eigenvalue weighted by molar-refractivity contribution is 8.23. The zero-order valence-electron chi connectivity index (χ0n) is 9.49. The van der Waals surface area contributed by atoms with Crippen LogP contribution in [-0.4, -0.2) is 31.2 Å². The first-order chi connectivity index (χ1) is 9.08. The fourth-order valence-electron chi connectivity index (χ4n) is 1.27. The lowest BCUT2D eigenvalue weighted by atomic mass is 10.4. The highest BCUT2D eigenvalue weighted by atomic mass is 32.2. The average molecular weight is 315 g/mol. The van der Waals surface area contributed by atoms with E-state index in [-0.39, 0.29) is 16.0 Å². The third kappa shape index (κ3) is 3.52. The molecule has 9 heteroatoms. The van der Waals surface area contributed by atoms with Crippen LogP contribution in [0.25, 0.3) is 0 Å². The van der Waals surface area contributed by atoms with Gasteiger partial charge in [-0.2, -0.15) is 0 Å². The number of carbonyl (C=O) groups is 2. The van der Waals surface area contributed by atoms with Gasteiger partial charge in [0.15, 0.2) is 15.3 Å². The molecule has 1 fully saturated rings. The molecule has 1 aromatic rings. The molecule has 19 heavy (non-hydrogen) atoms. The van der Waals surface area contributed by atoms with E-state index in [0.29, 0.717) is 4.90 Å². The van der Waals surface area contributed by atoms with Crippen molar-refractivity contribution in [1.82, 2.24) is 15.2 Å². The molecular weight excluding hydrogens is 306 g/mol. The van der Waals surface area contributed by atoms with E-state index in [9.17, 15) is 13.8 Å². The van der Waals surface area contributed by atoms with Crippen LogP contribution in [0.15, 0.2) is 35.2 Å². The van der Waals surface area contributed by atoms with Gasteiger partial charge in [-0.25, -0.2) is 19.4 Å². The molecule has 2 N–H and O–H groups in total. The highest BCUT2D eigenvalue weighted by Crippen LogP contribution is 2.16. The second-order valence-corrected chi connectivity index (χ2v) is 6.23. The lowest BCUT2D eigenvalue weighted by Gasteiger charge is -2.15. The first kappa shape index (κ1) is 14.0. The van der Waals surface area contributed by atoms with E-state index in [1.165, 1.54) is 0 Å². The van der Waals surface area contributed by atoms with Gasteiger partial charge >= 0.3 is 6.03 Å². The molecule has 2 rings (SSSR count). The summed E-state index contributed by atoms with van der Waals surface area (Å²) >= 11 is 6.05. The number of benzene rings is 1. The number of thioether (sulfide) groups is 1. The smallest absolute Gasteiger partial charge is 0.272 e. The summed E-state index contributed by atoms with van der Waals surface area (Å²) in [6, 6.07) is 7.70. The molecule has 1 aliphatic heterocycles. The number of amides is 3. The van der Waals surface area contributed by atoms with Crippen molar-refractivity contribution in [2.45, 2.75) is 4.90 Å². The Hall–Kier alpha value is -1.45. The maximum atomic E-state index is 11.8. The Balaban J connectivity index is 1.93. The molecule has 6 nitrogen and oxygen atoms in total. The van der Waals surface area contributed by atoms with Crippen LogP contribution in [0.1, 0.15) is 0 Å². The minimum Gasteiger partial charge on any atom is -0.272 e. The number of hydrogen-bond donors (Lipinski definition) is 2. The summed E-state index contributed by atoms with van der Waals surface area (Å²) in [5.41, 5.74) is 2.26. The van der Waals surface area contributed by atoms with E-state index in [1.54, 1.807) is 30.3 Å². The van der Waals surface area contributed by atoms with Crippen LogP contribution in [0.3, 0.4) is 0 Å². The van der Waals surface area contributed by atoms with Gasteiger partial charge in [-0.05, 0) is 12.1 Å². The molecule has 0 bridgehead atoms. The highest BCUT2D eigenvalue weighted by Gasteiger charge is 2.28. The average Bonchev–Trinajstić information content (AvgIpc) is 2.71. The van der Waals surface area contributed by atoms with Gasteiger partial charge in [0.25, 0.3) is 5.91 Å². The fourth-order valence-corrected chi connectivity index (χ4v) is 2.99. The molecule has 1 aliphatic rings. The third-order valence-corrected chi connectivity index (χ3v) is 4.54. The summed E-state index contributed by atoms with van der Waals surface area (Å²) in [4.78, 5) is 23.4. The number of hydrogen-bond acceptors (Lipinski definition) is 5. The molecule has 1 unspecified atom stereocenters. The summed E-state index contributed by atoms with van der Waals surface area (Å²) in [6.07, 6.45) is 0. The predicted octanol–water partition coefficient (Wildman–Crippen LogP) is 0.784. The number of nitrogens with zero attached hydrogens (tertiary/aromatic N) is 1. The molecule has 0 radical (unpaired) electrons. The Labute approximate surface area is 121 Å². The maximum Gasteiger partial charge on any atom is 0.346 e.